The van der Waals surface area contributed by atoms with Gasteiger partial charge in [-0.15, -0.1) is 0 Å². The highest BCUT2D eigenvalue weighted by atomic mass is 16.2. The molecule has 0 aromatic heterocycles. The first kappa shape index (κ1) is 17.0. The number of benzene rings is 2. The van der Waals surface area contributed by atoms with Crippen molar-refractivity contribution < 1.29 is 9.59 Å². The van der Waals surface area contributed by atoms with Gasteiger partial charge in [0.25, 0.3) is 11.8 Å². The Morgan fingerprint density at radius 2 is 1.80 bits per heavy atom. The largest absolute Gasteiger partial charge is 0.398 e. The van der Waals surface area contributed by atoms with Gasteiger partial charge in [0.2, 0.25) is 0 Å². The van der Waals surface area contributed by atoms with Crippen molar-refractivity contribution in [1.29, 1.82) is 0 Å². The van der Waals surface area contributed by atoms with E-state index in [4.69, 9.17) is 5.73 Å². The summed E-state index contributed by atoms with van der Waals surface area (Å²) in [6.07, 6.45) is 3.29. The Bertz CT molecular complexity index is 771. The van der Waals surface area contributed by atoms with Gasteiger partial charge in [0.15, 0.2) is 0 Å². The summed E-state index contributed by atoms with van der Waals surface area (Å²) in [6.45, 7) is 2.90. The second-order valence-corrected chi connectivity index (χ2v) is 6.46. The number of rotatable bonds is 3. The van der Waals surface area contributed by atoms with E-state index in [2.05, 4.69) is 12.2 Å². The van der Waals surface area contributed by atoms with Crippen LogP contribution in [-0.4, -0.2) is 29.3 Å². The fraction of sp³-hybridized carbons (Fsp3) is 0.300. The van der Waals surface area contributed by atoms with Crippen molar-refractivity contribution in [2.24, 2.45) is 0 Å². The number of nitrogen functional groups attached to an aromatic ring is 1. The number of para-hydroxylation sites is 1. The van der Waals surface area contributed by atoms with Crippen LogP contribution in [0.15, 0.2) is 48.5 Å². The zero-order valence-corrected chi connectivity index (χ0v) is 14.4. The van der Waals surface area contributed by atoms with Gasteiger partial charge in [-0.2, -0.15) is 0 Å². The van der Waals surface area contributed by atoms with Crippen LogP contribution in [0.4, 0.5) is 11.4 Å². The van der Waals surface area contributed by atoms with E-state index in [9.17, 15) is 9.59 Å². The molecule has 1 saturated heterocycles. The van der Waals surface area contributed by atoms with Crippen LogP contribution in [0.5, 0.6) is 0 Å². The van der Waals surface area contributed by atoms with Crippen molar-refractivity contribution in [3.05, 3.63) is 59.7 Å². The molecule has 1 aliphatic rings. The van der Waals surface area contributed by atoms with E-state index in [0.29, 0.717) is 22.5 Å². The maximum absolute atomic E-state index is 12.6. The summed E-state index contributed by atoms with van der Waals surface area (Å²) < 4.78 is 0. The molecule has 130 valence electrons. The van der Waals surface area contributed by atoms with E-state index in [1.54, 1.807) is 48.5 Å². The lowest BCUT2D eigenvalue weighted by Crippen LogP contribution is -2.42. The van der Waals surface area contributed by atoms with Crippen LogP contribution in [0, 0.1) is 0 Å². The van der Waals surface area contributed by atoms with Gasteiger partial charge < -0.3 is 16.0 Å². The molecule has 0 spiro atoms. The Morgan fingerprint density at radius 1 is 1.08 bits per heavy atom. The van der Waals surface area contributed by atoms with E-state index in [0.717, 1.165) is 19.4 Å². The van der Waals surface area contributed by atoms with Gasteiger partial charge in [-0.25, -0.2) is 0 Å². The van der Waals surface area contributed by atoms with Crippen LogP contribution >= 0.6 is 0 Å². The Balaban J connectivity index is 1.69. The van der Waals surface area contributed by atoms with Crippen LogP contribution in [0.1, 0.15) is 46.9 Å². The number of nitrogens with one attached hydrogen (secondary N) is 1. The summed E-state index contributed by atoms with van der Waals surface area (Å²) in [7, 11) is 0. The number of nitrogens with two attached hydrogens (primary N) is 1. The number of hydrogen-bond acceptors (Lipinski definition) is 3. The number of piperidine rings is 1. The van der Waals surface area contributed by atoms with E-state index in [1.807, 2.05) is 4.90 Å². The molecular formula is C20H23N3O2. The molecule has 0 aliphatic carbocycles. The van der Waals surface area contributed by atoms with Crippen molar-refractivity contribution in [3.63, 3.8) is 0 Å². The van der Waals surface area contributed by atoms with Gasteiger partial charge in [-0.3, -0.25) is 9.59 Å². The van der Waals surface area contributed by atoms with Crippen molar-refractivity contribution in [2.45, 2.75) is 32.2 Å². The highest BCUT2D eigenvalue weighted by Gasteiger charge is 2.24. The second-order valence-electron chi connectivity index (χ2n) is 6.46. The second kappa shape index (κ2) is 7.38. The third-order valence-corrected chi connectivity index (χ3v) is 4.66. The summed E-state index contributed by atoms with van der Waals surface area (Å²) in [4.78, 5) is 26.8. The number of anilines is 2. The van der Waals surface area contributed by atoms with Gasteiger partial charge >= 0.3 is 0 Å². The Morgan fingerprint density at radius 3 is 2.48 bits per heavy atom. The highest BCUT2D eigenvalue weighted by molar-refractivity contribution is 6.07. The summed E-state index contributed by atoms with van der Waals surface area (Å²) in [5.41, 5.74) is 7.97. The fourth-order valence-electron chi connectivity index (χ4n) is 3.16. The number of hydrogen-bond donors (Lipinski definition) is 2. The van der Waals surface area contributed by atoms with Gasteiger partial charge in [0, 0.05) is 29.5 Å². The predicted octanol–water partition coefficient (Wildman–Crippen LogP) is 3.54. The molecular weight excluding hydrogens is 314 g/mol. The van der Waals surface area contributed by atoms with Crippen LogP contribution in [0.3, 0.4) is 0 Å². The molecule has 5 heteroatoms. The predicted molar refractivity (Wildman–Crippen MR) is 99.6 cm³/mol. The standard InChI is InChI=1S/C20H23N3O2/c1-14-6-4-5-13-23(14)20(25)15-9-11-16(12-10-15)22-19(24)17-7-2-3-8-18(17)21/h2-3,7-12,14H,4-6,13,21H2,1H3,(H,22,24). The monoisotopic (exact) mass is 337 g/mol. The first-order valence-corrected chi connectivity index (χ1v) is 8.63. The maximum Gasteiger partial charge on any atom is 0.257 e. The molecule has 1 atom stereocenters. The van der Waals surface area contributed by atoms with Crippen molar-refractivity contribution in [1.82, 2.24) is 4.90 Å². The molecule has 3 rings (SSSR count). The highest BCUT2D eigenvalue weighted by Crippen LogP contribution is 2.20. The lowest BCUT2D eigenvalue weighted by Gasteiger charge is -2.33. The number of nitrogens with zero attached hydrogens (tertiary/aromatic N) is 1. The van der Waals surface area contributed by atoms with E-state index in [1.165, 1.54) is 6.42 Å². The Labute approximate surface area is 147 Å². The normalized spacial score (nSPS) is 17.2. The van der Waals surface area contributed by atoms with Crippen LogP contribution in [-0.2, 0) is 0 Å². The van der Waals surface area contributed by atoms with Crippen molar-refractivity contribution in [2.75, 3.05) is 17.6 Å². The molecule has 5 nitrogen and oxygen atoms in total. The van der Waals surface area contributed by atoms with Gasteiger partial charge in [-0.05, 0) is 62.6 Å². The molecule has 2 amide bonds. The van der Waals surface area contributed by atoms with Crippen LogP contribution in [0.25, 0.3) is 0 Å². The molecule has 1 unspecified atom stereocenters. The average Bonchev–Trinajstić information content (AvgIpc) is 2.62. The summed E-state index contributed by atoms with van der Waals surface area (Å²) in [6, 6.07) is 14.2. The van der Waals surface area contributed by atoms with Gasteiger partial charge in [0.05, 0.1) is 5.56 Å². The molecule has 25 heavy (non-hydrogen) atoms. The Hall–Kier alpha value is -2.82. The van der Waals surface area contributed by atoms with Crippen molar-refractivity contribution >= 4 is 23.2 Å². The number of carbonyl (C=O) groups is 2. The van der Waals surface area contributed by atoms with Gasteiger partial charge in [-0.1, -0.05) is 12.1 Å². The fourth-order valence-corrected chi connectivity index (χ4v) is 3.16. The van der Waals surface area contributed by atoms with Gasteiger partial charge in [0.1, 0.15) is 0 Å². The minimum Gasteiger partial charge on any atom is -0.398 e. The first-order chi connectivity index (χ1) is 12.1. The lowest BCUT2D eigenvalue weighted by molar-refractivity contribution is 0.0635. The zero-order chi connectivity index (χ0) is 17.8. The molecule has 1 aliphatic heterocycles. The topological polar surface area (TPSA) is 75.4 Å². The molecule has 0 saturated carbocycles. The first-order valence-electron chi connectivity index (χ1n) is 8.63. The minimum absolute atomic E-state index is 0.0531. The lowest BCUT2D eigenvalue weighted by atomic mass is 10.0. The van der Waals surface area contributed by atoms with Crippen molar-refractivity contribution in [3.8, 4) is 0 Å². The summed E-state index contributed by atoms with van der Waals surface area (Å²) >= 11 is 0. The Kier molecular flexibility index (Phi) is 5.03. The molecule has 1 fully saturated rings. The maximum atomic E-state index is 12.6. The number of carbonyl (C=O) groups excluding carboxylic acids is 2. The van der Waals surface area contributed by atoms with Crippen LogP contribution < -0.4 is 11.1 Å². The average molecular weight is 337 g/mol. The molecule has 0 bridgehead atoms. The number of amides is 2. The molecule has 0 radical (unpaired) electrons. The molecule has 3 N–H and O–H groups in total. The van der Waals surface area contributed by atoms with E-state index < -0.39 is 0 Å². The van der Waals surface area contributed by atoms with E-state index in [-0.39, 0.29) is 17.9 Å². The van der Waals surface area contributed by atoms with Crippen LogP contribution in [0.2, 0.25) is 0 Å². The quantitative estimate of drug-likeness (QED) is 0.841. The minimum atomic E-state index is -0.262. The molecule has 2 aromatic carbocycles. The third kappa shape index (κ3) is 3.82. The molecule has 2 aromatic rings. The third-order valence-electron chi connectivity index (χ3n) is 4.66. The SMILES string of the molecule is CC1CCCCN1C(=O)c1ccc(NC(=O)c2ccccc2N)cc1. The van der Waals surface area contributed by atoms with E-state index >= 15 is 0 Å². The summed E-state index contributed by atoms with van der Waals surface area (Å²) in [5.74, 6) is -0.209. The molecule has 1 heterocycles. The summed E-state index contributed by atoms with van der Waals surface area (Å²) in [5, 5.41) is 2.81. The smallest absolute Gasteiger partial charge is 0.257 e. The number of likely N-dealkylation sites (tertiary alicyclic amines) is 1. The zero-order valence-electron chi connectivity index (χ0n) is 14.4.